The molecule has 0 aliphatic rings. The smallest absolute Gasteiger partial charge is 0.0429 e. The molecule has 54 valence electrons. The first-order valence-corrected chi connectivity index (χ1v) is 3.55. The Morgan fingerprint density at radius 2 is 2.00 bits per heavy atom. The van der Waals surface area contributed by atoms with E-state index in [2.05, 4.69) is 5.32 Å². The molecule has 1 nitrogen and oxygen atoms in total. The van der Waals surface area contributed by atoms with Crippen molar-refractivity contribution in [2.45, 2.75) is 6.92 Å². The van der Waals surface area contributed by atoms with Gasteiger partial charge in [0.25, 0.3) is 0 Å². The standard InChI is InChI=1S/C8H10ClN/c1-6-3-7(9)5-8(4-6)10-2/h3-5,10H,1-2H3. The molecule has 2 heteroatoms. The second-order valence-electron chi connectivity index (χ2n) is 2.27. The summed E-state index contributed by atoms with van der Waals surface area (Å²) in [4.78, 5) is 0. The summed E-state index contributed by atoms with van der Waals surface area (Å²) in [7, 11) is 1.88. The minimum atomic E-state index is 0.782. The van der Waals surface area contributed by atoms with Gasteiger partial charge in [-0.1, -0.05) is 11.6 Å². The van der Waals surface area contributed by atoms with E-state index in [4.69, 9.17) is 11.6 Å². The van der Waals surface area contributed by atoms with Crippen molar-refractivity contribution in [1.29, 1.82) is 0 Å². The summed E-state index contributed by atoms with van der Waals surface area (Å²) in [6.07, 6.45) is 0. The predicted molar refractivity (Wildman–Crippen MR) is 45.7 cm³/mol. The van der Waals surface area contributed by atoms with Gasteiger partial charge in [-0.25, -0.2) is 0 Å². The summed E-state index contributed by atoms with van der Waals surface area (Å²) in [5.41, 5.74) is 2.24. The first-order valence-electron chi connectivity index (χ1n) is 3.17. The van der Waals surface area contributed by atoms with Crippen molar-refractivity contribution in [3.05, 3.63) is 28.8 Å². The van der Waals surface area contributed by atoms with Crippen molar-refractivity contribution in [2.75, 3.05) is 12.4 Å². The molecule has 0 amide bonds. The summed E-state index contributed by atoms with van der Waals surface area (Å²) in [6, 6.07) is 5.88. The molecule has 0 fully saturated rings. The van der Waals surface area contributed by atoms with Crippen molar-refractivity contribution in [3.8, 4) is 0 Å². The monoisotopic (exact) mass is 155 g/mol. The number of hydrogen-bond acceptors (Lipinski definition) is 1. The Morgan fingerprint density at radius 3 is 2.50 bits per heavy atom. The molecule has 0 saturated carbocycles. The van der Waals surface area contributed by atoms with Crippen LogP contribution in [0.3, 0.4) is 0 Å². The topological polar surface area (TPSA) is 12.0 Å². The van der Waals surface area contributed by atoms with Gasteiger partial charge < -0.3 is 5.32 Å². The molecular formula is C8H10ClN. The minimum Gasteiger partial charge on any atom is -0.388 e. The molecular weight excluding hydrogens is 146 g/mol. The number of benzene rings is 1. The summed E-state index contributed by atoms with van der Waals surface area (Å²) < 4.78 is 0. The highest BCUT2D eigenvalue weighted by atomic mass is 35.5. The van der Waals surface area contributed by atoms with Crippen LogP contribution in [0, 0.1) is 6.92 Å². The van der Waals surface area contributed by atoms with Crippen LogP contribution in [-0.2, 0) is 0 Å². The highest BCUT2D eigenvalue weighted by Crippen LogP contribution is 2.17. The zero-order valence-corrected chi connectivity index (χ0v) is 6.87. The van der Waals surface area contributed by atoms with Gasteiger partial charge in [0.05, 0.1) is 0 Å². The van der Waals surface area contributed by atoms with Crippen molar-refractivity contribution in [2.24, 2.45) is 0 Å². The maximum atomic E-state index is 5.79. The van der Waals surface area contributed by atoms with Crippen LogP contribution in [0.5, 0.6) is 0 Å². The molecule has 0 aliphatic carbocycles. The number of halogens is 1. The van der Waals surface area contributed by atoms with Gasteiger partial charge in [0.15, 0.2) is 0 Å². The summed E-state index contributed by atoms with van der Waals surface area (Å²) in [6.45, 7) is 2.02. The minimum absolute atomic E-state index is 0.782. The first-order chi connectivity index (χ1) is 4.72. The largest absolute Gasteiger partial charge is 0.388 e. The Labute approximate surface area is 66.0 Å². The maximum absolute atomic E-state index is 5.79. The van der Waals surface area contributed by atoms with E-state index in [0.717, 1.165) is 10.7 Å². The fourth-order valence-corrected chi connectivity index (χ4v) is 1.17. The van der Waals surface area contributed by atoms with Crippen LogP contribution in [0.2, 0.25) is 5.02 Å². The summed E-state index contributed by atoms with van der Waals surface area (Å²) in [5, 5.41) is 3.81. The number of anilines is 1. The highest BCUT2D eigenvalue weighted by molar-refractivity contribution is 6.30. The lowest BCUT2D eigenvalue weighted by molar-refractivity contribution is 1.43. The molecule has 0 bridgehead atoms. The van der Waals surface area contributed by atoms with E-state index in [1.54, 1.807) is 0 Å². The van der Waals surface area contributed by atoms with E-state index in [9.17, 15) is 0 Å². The molecule has 0 aromatic heterocycles. The predicted octanol–water partition coefficient (Wildman–Crippen LogP) is 2.69. The van der Waals surface area contributed by atoms with Gasteiger partial charge in [-0.2, -0.15) is 0 Å². The van der Waals surface area contributed by atoms with Gasteiger partial charge in [-0.3, -0.25) is 0 Å². The lowest BCUT2D eigenvalue weighted by Crippen LogP contribution is -1.87. The number of rotatable bonds is 1. The van der Waals surface area contributed by atoms with Gasteiger partial charge in [0.2, 0.25) is 0 Å². The van der Waals surface area contributed by atoms with Crippen LogP contribution in [-0.4, -0.2) is 7.05 Å². The fourth-order valence-electron chi connectivity index (χ4n) is 0.881. The molecule has 0 aliphatic heterocycles. The van der Waals surface area contributed by atoms with E-state index in [1.807, 2.05) is 32.2 Å². The van der Waals surface area contributed by atoms with Gasteiger partial charge in [0.1, 0.15) is 0 Å². The van der Waals surface area contributed by atoms with Gasteiger partial charge in [-0.05, 0) is 30.7 Å². The SMILES string of the molecule is CNc1cc(C)cc(Cl)c1. The molecule has 10 heavy (non-hydrogen) atoms. The first kappa shape index (κ1) is 7.42. The van der Waals surface area contributed by atoms with Crippen LogP contribution >= 0.6 is 11.6 Å². The lowest BCUT2D eigenvalue weighted by Gasteiger charge is -2.01. The molecule has 0 radical (unpaired) electrons. The Hall–Kier alpha value is -0.690. The molecule has 1 rings (SSSR count). The Balaban J connectivity index is 3.06. The van der Waals surface area contributed by atoms with Crippen LogP contribution in [0.25, 0.3) is 0 Å². The van der Waals surface area contributed by atoms with Crippen molar-refractivity contribution in [3.63, 3.8) is 0 Å². The average molecular weight is 156 g/mol. The zero-order chi connectivity index (χ0) is 7.56. The molecule has 1 aromatic carbocycles. The maximum Gasteiger partial charge on any atom is 0.0429 e. The molecule has 0 atom stereocenters. The zero-order valence-electron chi connectivity index (χ0n) is 6.11. The number of hydrogen-bond donors (Lipinski definition) is 1. The van der Waals surface area contributed by atoms with Crippen molar-refractivity contribution in [1.82, 2.24) is 0 Å². The van der Waals surface area contributed by atoms with Gasteiger partial charge in [0, 0.05) is 17.8 Å². The molecule has 0 saturated heterocycles. The third-order valence-electron chi connectivity index (χ3n) is 1.33. The number of nitrogens with one attached hydrogen (secondary N) is 1. The molecule has 0 heterocycles. The van der Waals surface area contributed by atoms with E-state index in [0.29, 0.717) is 0 Å². The quantitative estimate of drug-likeness (QED) is 0.658. The fraction of sp³-hybridized carbons (Fsp3) is 0.250. The third kappa shape index (κ3) is 1.64. The Morgan fingerprint density at radius 1 is 1.30 bits per heavy atom. The molecule has 1 aromatic rings. The van der Waals surface area contributed by atoms with Crippen molar-refractivity contribution < 1.29 is 0 Å². The van der Waals surface area contributed by atoms with Crippen LogP contribution < -0.4 is 5.32 Å². The van der Waals surface area contributed by atoms with E-state index >= 15 is 0 Å². The number of aryl methyl sites for hydroxylation is 1. The summed E-state index contributed by atoms with van der Waals surface area (Å²) in [5.74, 6) is 0. The van der Waals surface area contributed by atoms with Crippen LogP contribution in [0.1, 0.15) is 5.56 Å². The van der Waals surface area contributed by atoms with E-state index in [1.165, 1.54) is 5.56 Å². The van der Waals surface area contributed by atoms with E-state index < -0.39 is 0 Å². The Bertz CT molecular complexity index is 212. The second kappa shape index (κ2) is 2.93. The third-order valence-corrected chi connectivity index (χ3v) is 1.55. The Kier molecular flexibility index (Phi) is 2.17. The molecule has 0 spiro atoms. The van der Waals surface area contributed by atoms with Gasteiger partial charge in [-0.15, -0.1) is 0 Å². The van der Waals surface area contributed by atoms with E-state index in [-0.39, 0.29) is 0 Å². The lowest BCUT2D eigenvalue weighted by atomic mass is 10.2. The van der Waals surface area contributed by atoms with Gasteiger partial charge >= 0.3 is 0 Å². The molecule has 0 unspecified atom stereocenters. The average Bonchev–Trinajstić information content (AvgIpc) is 1.85. The highest BCUT2D eigenvalue weighted by Gasteiger charge is 1.92. The summed E-state index contributed by atoms with van der Waals surface area (Å²) >= 11 is 5.79. The molecule has 1 N–H and O–H groups in total. The van der Waals surface area contributed by atoms with Crippen molar-refractivity contribution >= 4 is 17.3 Å². The normalized spacial score (nSPS) is 9.50. The van der Waals surface area contributed by atoms with Crippen LogP contribution in [0.4, 0.5) is 5.69 Å². The second-order valence-corrected chi connectivity index (χ2v) is 2.70. The van der Waals surface area contributed by atoms with Crippen LogP contribution in [0.15, 0.2) is 18.2 Å².